The predicted molar refractivity (Wildman–Crippen MR) is 124 cm³/mol. The summed E-state index contributed by atoms with van der Waals surface area (Å²) in [7, 11) is 3.64. The van der Waals surface area contributed by atoms with Crippen LogP contribution in [0.5, 0.6) is 0 Å². The van der Waals surface area contributed by atoms with E-state index in [-0.39, 0.29) is 5.54 Å². The molecule has 0 fully saturated rings. The second-order valence-electron chi connectivity index (χ2n) is 8.29. The zero-order valence-electron chi connectivity index (χ0n) is 17.3. The van der Waals surface area contributed by atoms with Crippen molar-refractivity contribution >= 4 is 32.1 Å². The first-order valence-corrected chi connectivity index (χ1v) is 12.2. The van der Waals surface area contributed by atoms with Crippen LogP contribution in [0.3, 0.4) is 0 Å². The number of unbranched alkanes of at least 4 members (excludes halogenated alkanes) is 1. The van der Waals surface area contributed by atoms with E-state index in [4.69, 9.17) is 4.99 Å². The molecule has 4 heteroatoms. The Balaban J connectivity index is 1.82. The molecule has 0 aliphatic carbocycles. The molecule has 0 spiro atoms. The Kier molecular flexibility index (Phi) is 5.19. The summed E-state index contributed by atoms with van der Waals surface area (Å²) in [5.41, 5.74) is 8.83. The quantitative estimate of drug-likeness (QED) is 0.449. The number of hydrogen-bond acceptors (Lipinski definition) is 4. The zero-order chi connectivity index (χ0) is 19.9. The van der Waals surface area contributed by atoms with Gasteiger partial charge in [-0.15, -0.1) is 0 Å². The Morgan fingerprint density at radius 1 is 1.00 bits per heavy atom. The predicted octanol–water partition coefficient (Wildman–Crippen LogP) is 7.33. The molecule has 0 radical (unpaired) electrons. The fourth-order valence-corrected chi connectivity index (χ4v) is 6.68. The lowest BCUT2D eigenvalue weighted by Gasteiger charge is -2.33. The smallest absolute Gasteiger partial charge is 0.135 e. The van der Waals surface area contributed by atoms with Crippen molar-refractivity contribution in [1.82, 2.24) is 0 Å². The van der Waals surface area contributed by atoms with Crippen molar-refractivity contribution < 1.29 is 0 Å². The van der Waals surface area contributed by atoms with Gasteiger partial charge in [0.2, 0.25) is 0 Å². The molecule has 0 amide bonds. The van der Waals surface area contributed by atoms with Gasteiger partial charge in [-0.2, -0.15) is 0 Å². The lowest BCUT2D eigenvalue weighted by Crippen LogP contribution is -2.31. The molecule has 2 aromatic carbocycles. The summed E-state index contributed by atoms with van der Waals surface area (Å²) < 4.78 is 1.13. The van der Waals surface area contributed by atoms with Gasteiger partial charge in [-0.25, -0.2) is 4.99 Å². The first kappa shape index (κ1) is 19.4. The van der Waals surface area contributed by atoms with E-state index in [2.05, 4.69) is 76.3 Å². The van der Waals surface area contributed by atoms with E-state index >= 15 is 0 Å². The molecule has 2 heterocycles. The average molecular weight is 409 g/mol. The van der Waals surface area contributed by atoms with E-state index in [0.29, 0.717) is 0 Å². The van der Waals surface area contributed by atoms with Gasteiger partial charge in [0.15, 0.2) is 0 Å². The largest absolute Gasteiger partial charge is 0.375 e. The molecule has 1 aliphatic heterocycles. The van der Waals surface area contributed by atoms with Crippen molar-refractivity contribution in [1.29, 1.82) is 0 Å². The van der Waals surface area contributed by atoms with Crippen LogP contribution in [-0.4, -0.2) is 0 Å². The number of fused-ring (bicyclic) bond motifs is 3. The number of aryl methyl sites for hydroxylation is 3. The lowest BCUT2D eigenvalue weighted by molar-refractivity contribution is 0.619. The first-order valence-electron chi connectivity index (χ1n) is 10.1. The third-order valence-electron chi connectivity index (χ3n) is 5.55. The zero-order valence-corrected chi connectivity index (χ0v) is 19.0. The van der Waals surface area contributed by atoms with Crippen LogP contribution < -0.4 is 9.99 Å². The molecule has 0 unspecified atom stereocenters. The maximum atomic E-state index is 5.05. The van der Waals surface area contributed by atoms with E-state index in [1.165, 1.54) is 51.2 Å². The number of nitrogens with zero attached hydrogens (tertiary/aromatic N) is 1. The van der Waals surface area contributed by atoms with Gasteiger partial charge >= 0.3 is 0 Å². The molecular formula is C24H28N2S2. The number of benzene rings is 2. The van der Waals surface area contributed by atoms with Gasteiger partial charge in [0.05, 0.1) is 16.1 Å². The van der Waals surface area contributed by atoms with Gasteiger partial charge in [0.25, 0.3) is 0 Å². The van der Waals surface area contributed by atoms with Gasteiger partial charge in [-0.3, -0.25) is 0 Å². The summed E-state index contributed by atoms with van der Waals surface area (Å²) >= 11 is 0. The first-order chi connectivity index (χ1) is 13.4. The summed E-state index contributed by atoms with van der Waals surface area (Å²) in [5.74, 6) is 0. The Hall–Kier alpha value is -1.91. The highest BCUT2D eigenvalue weighted by atomic mass is 32.9. The SMILES string of the molecule is CCCCc1ccc(N=c2ssc3c2-c2cc(C)c(C)cc2NC3(C)C)cc1. The maximum Gasteiger partial charge on any atom is 0.135 e. The summed E-state index contributed by atoms with van der Waals surface area (Å²) in [6, 6.07) is 13.4. The van der Waals surface area contributed by atoms with Crippen LogP contribution in [-0.2, 0) is 12.0 Å². The highest BCUT2D eigenvalue weighted by molar-refractivity contribution is 7.68. The van der Waals surface area contributed by atoms with Crippen molar-refractivity contribution in [2.75, 3.05) is 5.32 Å². The van der Waals surface area contributed by atoms with Crippen LogP contribution in [0.4, 0.5) is 11.4 Å². The highest BCUT2D eigenvalue weighted by Crippen LogP contribution is 2.46. The minimum atomic E-state index is -0.0804. The molecule has 3 aromatic rings. The summed E-state index contributed by atoms with van der Waals surface area (Å²) in [5, 5.41) is 3.74. The summed E-state index contributed by atoms with van der Waals surface area (Å²) in [6.45, 7) is 11.1. The molecule has 4 rings (SSSR count). The summed E-state index contributed by atoms with van der Waals surface area (Å²) in [4.78, 5) is 6.43. The van der Waals surface area contributed by atoms with Gasteiger partial charge < -0.3 is 5.32 Å². The minimum Gasteiger partial charge on any atom is -0.375 e. The van der Waals surface area contributed by atoms with Gasteiger partial charge in [0, 0.05) is 16.8 Å². The van der Waals surface area contributed by atoms with Crippen LogP contribution in [0.15, 0.2) is 41.4 Å². The average Bonchev–Trinajstić information content (AvgIpc) is 3.08. The third-order valence-corrected chi connectivity index (χ3v) is 8.19. The number of rotatable bonds is 4. The second kappa shape index (κ2) is 7.49. The van der Waals surface area contributed by atoms with Crippen molar-refractivity contribution in [2.24, 2.45) is 4.99 Å². The van der Waals surface area contributed by atoms with E-state index < -0.39 is 0 Å². The van der Waals surface area contributed by atoms with Crippen molar-refractivity contribution in [2.45, 2.75) is 59.4 Å². The van der Waals surface area contributed by atoms with Crippen molar-refractivity contribution in [3.8, 4) is 11.1 Å². The lowest BCUT2D eigenvalue weighted by atomic mass is 9.88. The molecule has 1 aliphatic rings. The van der Waals surface area contributed by atoms with E-state index in [1.54, 1.807) is 10.3 Å². The molecule has 0 saturated carbocycles. The van der Waals surface area contributed by atoms with Crippen LogP contribution >= 0.6 is 20.7 Å². The van der Waals surface area contributed by atoms with E-state index in [0.717, 1.165) is 16.8 Å². The molecule has 28 heavy (non-hydrogen) atoms. The van der Waals surface area contributed by atoms with Crippen LogP contribution in [0.25, 0.3) is 11.1 Å². The normalized spacial score (nSPS) is 15.1. The van der Waals surface area contributed by atoms with E-state index in [1.807, 2.05) is 10.3 Å². The topological polar surface area (TPSA) is 24.4 Å². The number of nitrogens with one attached hydrogen (secondary N) is 1. The van der Waals surface area contributed by atoms with Crippen LogP contribution in [0.1, 0.15) is 55.2 Å². The molecule has 0 saturated heterocycles. The standard InChI is InChI=1S/C24H28N2S2/c1-6-7-8-17-9-11-18(12-10-17)25-23-21-19-13-15(2)16(3)14-20(19)26-24(4,5)22(21)27-28-23/h9-14,26H,6-8H2,1-5H3. The number of anilines is 1. The second-order valence-corrected chi connectivity index (χ2v) is 10.4. The molecule has 0 atom stereocenters. The molecule has 1 aromatic heterocycles. The minimum absolute atomic E-state index is 0.0804. The Bertz CT molecular complexity index is 1070. The third kappa shape index (κ3) is 3.56. The Labute approximate surface area is 175 Å². The fraction of sp³-hybridized carbons (Fsp3) is 0.375. The molecule has 146 valence electrons. The van der Waals surface area contributed by atoms with E-state index in [9.17, 15) is 0 Å². The number of hydrogen-bond donors (Lipinski definition) is 1. The van der Waals surface area contributed by atoms with Crippen molar-refractivity contribution in [3.05, 3.63) is 62.6 Å². The summed E-state index contributed by atoms with van der Waals surface area (Å²) in [6.07, 6.45) is 3.63. The van der Waals surface area contributed by atoms with Crippen molar-refractivity contribution in [3.63, 3.8) is 0 Å². The van der Waals surface area contributed by atoms with Gasteiger partial charge in [-0.05, 0) is 81.5 Å². The molecule has 1 N–H and O–H groups in total. The maximum absolute atomic E-state index is 5.05. The van der Waals surface area contributed by atoms with Gasteiger partial charge in [0.1, 0.15) is 4.67 Å². The highest BCUT2D eigenvalue weighted by Gasteiger charge is 2.33. The Morgan fingerprint density at radius 3 is 2.43 bits per heavy atom. The molecular weight excluding hydrogens is 380 g/mol. The monoisotopic (exact) mass is 408 g/mol. The molecule has 2 nitrogen and oxygen atoms in total. The molecule has 0 bridgehead atoms. The van der Waals surface area contributed by atoms with Gasteiger partial charge in [-0.1, -0.05) is 46.2 Å². The van der Waals surface area contributed by atoms with Crippen LogP contribution in [0.2, 0.25) is 0 Å². The Morgan fingerprint density at radius 2 is 1.71 bits per heavy atom. The fourth-order valence-electron chi connectivity index (χ4n) is 3.75. The van der Waals surface area contributed by atoms with Crippen LogP contribution in [0, 0.1) is 13.8 Å².